The second-order valence-corrected chi connectivity index (χ2v) is 6.97. The van der Waals surface area contributed by atoms with Crippen LogP contribution >= 0.6 is 0 Å². The van der Waals surface area contributed by atoms with Crippen molar-refractivity contribution in [1.82, 2.24) is 4.90 Å². The van der Waals surface area contributed by atoms with Crippen molar-refractivity contribution in [3.05, 3.63) is 29.8 Å². The number of likely N-dealkylation sites (tertiary alicyclic amines) is 1. The van der Waals surface area contributed by atoms with E-state index in [4.69, 9.17) is 10.5 Å². The van der Waals surface area contributed by atoms with Gasteiger partial charge in [0.1, 0.15) is 0 Å². The van der Waals surface area contributed by atoms with Gasteiger partial charge >= 0.3 is 0 Å². The van der Waals surface area contributed by atoms with Gasteiger partial charge in [-0.1, -0.05) is 26.0 Å². The first-order valence-electron chi connectivity index (χ1n) is 7.48. The zero-order valence-corrected chi connectivity index (χ0v) is 13.3. The lowest BCUT2D eigenvalue weighted by Crippen LogP contribution is -2.50. The number of rotatable bonds is 4. The van der Waals surface area contributed by atoms with Crippen molar-refractivity contribution in [3.63, 3.8) is 0 Å². The van der Waals surface area contributed by atoms with Crippen molar-refractivity contribution >= 4 is 5.69 Å². The lowest BCUT2D eigenvalue weighted by molar-refractivity contribution is -0.0541. The van der Waals surface area contributed by atoms with Gasteiger partial charge < -0.3 is 10.5 Å². The third-order valence-electron chi connectivity index (χ3n) is 4.54. The molecule has 3 heteroatoms. The number of nitrogens with zero attached hydrogens (tertiary/aromatic N) is 1. The fraction of sp³-hybridized carbons (Fsp3) is 0.647. The van der Waals surface area contributed by atoms with Crippen molar-refractivity contribution in [1.29, 1.82) is 0 Å². The second-order valence-electron chi connectivity index (χ2n) is 6.97. The number of hydrogen-bond donors (Lipinski definition) is 1. The van der Waals surface area contributed by atoms with Gasteiger partial charge in [0.2, 0.25) is 0 Å². The standard InChI is InChI=1S/C17H28N2O/c1-16(2,14-6-8-15(18)9-7-14)12-19-11-5-10-17(3,13-19)20-4/h6-9H,5,10-13,18H2,1-4H3. The SMILES string of the molecule is COC1(C)CCCN(CC(C)(C)c2ccc(N)cc2)C1. The van der Waals surface area contributed by atoms with Gasteiger partial charge in [0.05, 0.1) is 5.60 Å². The number of ether oxygens (including phenoxy) is 1. The molecule has 0 spiro atoms. The molecule has 112 valence electrons. The minimum atomic E-state index is 0.00937. The van der Waals surface area contributed by atoms with Crippen LogP contribution in [0, 0.1) is 0 Å². The Morgan fingerprint density at radius 2 is 1.95 bits per heavy atom. The van der Waals surface area contributed by atoms with E-state index in [1.54, 1.807) is 0 Å². The summed E-state index contributed by atoms with van der Waals surface area (Å²) < 4.78 is 5.69. The zero-order valence-electron chi connectivity index (χ0n) is 13.3. The van der Waals surface area contributed by atoms with Crippen LogP contribution < -0.4 is 5.73 Å². The molecule has 1 fully saturated rings. The second kappa shape index (κ2) is 5.74. The molecular formula is C17H28N2O. The molecule has 3 nitrogen and oxygen atoms in total. The van der Waals surface area contributed by atoms with E-state index < -0.39 is 0 Å². The largest absolute Gasteiger partial charge is 0.399 e. The molecule has 20 heavy (non-hydrogen) atoms. The molecule has 0 radical (unpaired) electrons. The van der Waals surface area contributed by atoms with Crippen molar-refractivity contribution in [2.75, 3.05) is 32.5 Å². The van der Waals surface area contributed by atoms with Crippen molar-refractivity contribution in [3.8, 4) is 0 Å². The number of benzene rings is 1. The summed E-state index contributed by atoms with van der Waals surface area (Å²) in [6.45, 7) is 10.1. The van der Waals surface area contributed by atoms with E-state index in [-0.39, 0.29) is 11.0 Å². The first kappa shape index (κ1) is 15.3. The van der Waals surface area contributed by atoms with E-state index in [9.17, 15) is 0 Å². The molecular weight excluding hydrogens is 248 g/mol. The van der Waals surface area contributed by atoms with Crippen molar-refractivity contribution in [2.45, 2.75) is 44.6 Å². The Morgan fingerprint density at radius 1 is 1.30 bits per heavy atom. The Hall–Kier alpha value is -1.06. The van der Waals surface area contributed by atoms with E-state index in [2.05, 4.69) is 37.8 Å². The van der Waals surface area contributed by atoms with Gasteiger partial charge in [-0.25, -0.2) is 0 Å². The number of nitrogens with two attached hydrogens (primary N) is 1. The van der Waals surface area contributed by atoms with Crippen LogP contribution in [0.3, 0.4) is 0 Å². The third kappa shape index (κ3) is 3.53. The van der Waals surface area contributed by atoms with E-state index in [0.29, 0.717) is 0 Å². The zero-order chi connectivity index (χ0) is 14.8. The molecule has 1 saturated heterocycles. The van der Waals surface area contributed by atoms with E-state index >= 15 is 0 Å². The molecule has 2 rings (SSSR count). The average molecular weight is 276 g/mol. The number of anilines is 1. The van der Waals surface area contributed by atoms with E-state index in [1.807, 2.05) is 19.2 Å². The summed E-state index contributed by atoms with van der Waals surface area (Å²) in [7, 11) is 1.83. The van der Waals surface area contributed by atoms with Crippen LogP contribution in [-0.2, 0) is 10.2 Å². The minimum Gasteiger partial charge on any atom is -0.399 e. The maximum absolute atomic E-state index is 5.78. The molecule has 0 aliphatic carbocycles. The smallest absolute Gasteiger partial charge is 0.0777 e. The van der Waals surface area contributed by atoms with Crippen LogP contribution in [0.4, 0.5) is 5.69 Å². The van der Waals surface area contributed by atoms with E-state index in [0.717, 1.165) is 31.7 Å². The summed E-state index contributed by atoms with van der Waals surface area (Å²) in [6.07, 6.45) is 2.37. The van der Waals surface area contributed by atoms with E-state index in [1.165, 1.54) is 12.0 Å². The summed E-state index contributed by atoms with van der Waals surface area (Å²) in [6, 6.07) is 8.28. The quantitative estimate of drug-likeness (QED) is 0.859. The van der Waals surface area contributed by atoms with Gasteiger partial charge in [0.15, 0.2) is 0 Å². The number of nitrogen functional groups attached to an aromatic ring is 1. The lowest BCUT2D eigenvalue weighted by atomic mass is 9.82. The molecule has 0 bridgehead atoms. The van der Waals surface area contributed by atoms with Crippen LogP contribution in [0.1, 0.15) is 39.2 Å². The van der Waals surface area contributed by atoms with Gasteiger partial charge in [0, 0.05) is 31.3 Å². The monoisotopic (exact) mass is 276 g/mol. The molecule has 1 heterocycles. The highest BCUT2D eigenvalue weighted by molar-refractivity contribution is 5.41. The predicted molar refractivity (Wildman–Crippen MR) is 85.0 cm³/mol. The van der Waals surface area contributed by atoms with Gasteiger partial charge in [-0.15, -0.1) is 0 Å². The highest BCUT2D eigenvalue weighted by atomic mass is 16.5. The Kier molecular flexibility index (Phi) is 4.40. The van der Waals surface area contributed by atoms with Crippen LogP contribution in [0.15, 0.2) is 24.3 Å². The number of piperidine rings is 1. The Morgan fingerprint density at radius 3 is 2.55 bits per heavy atom. The number of hydrogen-bond acceptors (Lipinski definition) is 3. The molecule has 1 aromatic carbocycles. The van der Waals surface area contributed by atoms with Gasteiger partial charge in [-0.05, 0) is 44.0 Å². The van der Waals surface area contributed by atoms with Crippen molar-refractivity contribution in [2.24, 2.45) is 0 Å². The Balaban J connectivity index is 2.06. The molecule has 1 atom stereocenters. The molecule has 1 aliphatic heterocycles. The average Bonchev–Trinajstić information content (AvgIpc) is 2.39. The summed E-state index contributed by atoms with van der Waals surface area (Å²) >= 11 is 0. The van der Waals surface area contributed by atoms with Gasteiger partial charge in [-0.3, -0.25) is 4.90 Å². The fourth-order valence-corrected chi connectivity index (χ4v) is 3.19. The van der Waals surface area contributed by atoms with Crippen molar-refractivity contribution < 1.29 is 4.74 Å². The molecule has 1 unspecified atom stereocenters. The normalized spacial score (nSPS) is 24.8. The topological polar surface area (TPSA) is 38.5 Å². The summed E-state index contributed by atoms with van der Waals surface area (Å²) in [5.74, 6) is 0. The van der Waals surface area contributed by atoms with Crippen LogP contribution in [0.2, 0.25) is 0 Å². The molecule has 2 N–H and O–H groups in total. The van der Waals surface area contributed by atoms with Crippen LogP contribution in [-0.4, -0.2) is 37.2 Å². The summed E-state index contributed by atoms with van der Waals surface area (Å²) in [5, 5.41) is 0. The third-order valence-corrected chi connectivity index (χ3v) is 4.54. The first-order valence-corrected chi connectivity index (χ1v) is 7.48. The van der Waals surface area contributed by atoms with Gasteiger partial charge in [-0.2, -0.15) is 0 Å². The highest BCUT2D eigenvalue weighted by Gasteiger charge is 2.33. The molecule has 0 saturated carbocycles. The number of methoxy groups -OCH3 is 1. The summed E-state index contributed by atoms with van der Waals surface area (Å²) in [4.78, 5) is 2.53. The predicted octanol–water partition coefficient (Wildman–Crippen LogP) is 3.05. The molecule has 0 aromatic heterocycles. The van der Waals surface area contributed by atoms with Gasteiger partial charge in [0.25, 0.3) is 0 Å². The maximum Gasteiger partial charge on any atom is 0.0777 e. The highest BCUT2D eigenvalue weighted by Crippen LogP contribution is 2.29. The summed E-state index contributed by atoms with van der Waals surface area (Å²) in [5.41, 5.74) is 8.09. The molecule has 1 aliphatic rings. The maximum atomic E-state index is 5.78. The lowest BCUT2D eigenvalue weighted by Gasteiger charge is -2.42. The molecule has 1 aromatic rings. The van der Waals surface area contributed by atoms with Crippen LogP contribution in [0.5, 0.6) is 0 Å². The van der Waals surface area contributed by atoms with Crippen LogP contribution in [0.25, 0.3) is 0 Å². The first-order chi connectivity index (χ1) is 9.35. The minimum absolute atomic E-state index is 0.00937. The molecule has 0 amide bonds. The Bertz CT molecular complexity index is 441. The Labute approximate surface area is 123 Å². The fourth-order valence-electron chi connectivity index (χ4n) is 3.19.